The van der Waals surface area contributed by atoms with Gasteiger partial charge in [-0.1, -0.05) is 0 Å². The van der Waals surface area contributed by atoms with Crippen molar-refractivity contribution in [1.29, 1.82) is 0 Å². The number of hydrogen-bond donors (Lipinski definition) is 9. The van der Waals surface area contributed by atoms with E-state index in [0.717, 1.165) is 0 Å². The second-order valence-electron chi connectivity index (χ2n) is 8.75. The van der Waals surface area contributed by atoms with Crippen molar-refractivity contribution in [3.05, 3.63) is 0 Å². The third-order valence-electron chi connectivity index (χ3n) is 5.38. The molecule has 5 amide bonds. The first kappa shape index (κ1) is 34.2. The fourth-order valence-electron chi connectivity index (χ4n) is 3.07. The molecule has 16 nitrogen and oxygen atoms in total. The van der Waals surface area contributed by atoms with E-state index in [2.05, 4.69) is 21.3 Å². The monoisotopic (exact) mass is 545 g/mol. The van der Waals surface area contributed by atoms with E-state index in [4.69, 9.17) is 22.3 Å². The third-order valence-corrected chi connectivity index (χ3v) is 5.38. The highest BCUT2D eigenvalue weighted by Gasteiger charge is 2.29. The standard InChI is InChI=1S/C22H39N7O9/c1-11(26-20(35)13(24)6-8-16(25)30)18(33)28-14(7-9-17(31)32)21(36)27-12(2)19(34)29-15(22(37)38)5-3-4-10-23/h11-15H,3-10,23-24H2,1-2H3,(H2,25,30)(H,26,35)(H,27,36)(H,28,33)(H,29,34)(H,31,32)(H,37,38)/t11-,12-,13-,14-,15-/m0/s1. The van der Waals surface area contributed by atoms with E-state index in [0.29, 0.717) is 19.4 Å². The summed E-state index contributed by atoms with van der Waals surface area (Å²) < 4.78 is 0. The Bertz CT molecular complexity index is 868. The van der Waals surface area contributed by atoms with Crippen molar-refractivity contribution in [3.8, 4) is 0 Å². The highest BCUT2D eigenvalue weighted by atomic mass is 16.4. The number of carboxylic acid groups (broad SMARTS) is 2. The van der Waals surface area contributed by atoms with Gasteiger partial charge in [0, 0.05) is 12.8 Å². The number of nitrogens with one attached hydrogen (secondary N) is 4. The lowest BCUT2D eigenvalue weighted by atomic mass is 10.1. The van der Waals surface area contributed by atoms with Gasteiger partial charge in [0.05, 0.1) is 6.04 Å². The van der Waals surface area contributed by atoms with Gasteiger partial charge in [-0.05, 0) is 52.5 Å². The quantitative estimate of drug-likeness (QED) is 0.0722. The number of primary amides is 1. The zero-order chi connectivity index (χ0) is 29.4. The lowest BCUT2D eigenvalue weighted by Gasteiger charge is -2.24. The summed E-state index contributed by atoms with van der Waals surface area (Å²) in [6.07, 6.45) is 0.134. The molecule has 0 aromatic rings. The minimum Gasteiger partial charge on any atom is -0.481 e. The largest absolute Gasteiger partial charge is 0.481 e. The van der Waals surface area contributed by atoms with Crippen LogP contribution in [0.4, 0.5) is 0 Å². The minimum atomic E-state index is -1.39. The van der Waals surface area contributed by atoms with E-state index in [1.807, 2.05) is 0 Å². The van der Waals surface area contributed by atoms with Crippen LogP contribution >= 0.6 is 0 Å². The van der Waals surface area contributed by atoms with Crippen LogP contribution in [0.3, 0.4) is 0 Å². The summed E-state index contributed by atoms with van der Waals surface area (Å²) in [5.74, 6) is -6.43. The first-order valence-corrected chi connectivity index (χ1v) is 12.1. The smallest absolute Gasteiger partial charge is 0.326 e. The second-order valence-corrected chi connectivity index (χ2v) is 8.75. The zero-order valence-electron chi connectivity index (χ0n) is 21.5. The molecular weight excluding hydrogens is 506 g/mol. The first-order valence-electron chi connectivity index (χ1n) is 12.1. The highest BCUT2D eigenvalue weighted by Crippen LogP contribution is 2.04. The number of carboxylic acids is 2. The van der Waals surface area contributed by atoms with Crippen molar-refractivity contribution in [1.82, 2.24) is 21.3 Å². The number of carbonyl (C=O) groups excluding carboxylic acids is 5. The molecule has 12 N–H and O–H groups in total. The Morgan fingerprint density at radius 1 is 0.684 bits per heavy atom. The van der Waals surface area contributed by atoms with Crippen molar-refractivity contribution in [2.45, 2.75) is 89.0 Å². The van der Waals surface area contributed by atoms with Crippen LogP contribution in [-0.2, 0) is 33.6 Å². The van der Waals surface area contributed by atoms with E-state index < -0.39 is 78.1 Å². The molecule has 38 heavy (non-hydrogen) atoms. The van der Waals surface area contributed by atoms with Gasteiger partial charge in [0.15, 0.2) is 0 Å². The van der Waals surface area contributed by atoms with E-state index in [1.54, 1.807) is 0 Å². The molecule has 216 valence electrons. The number of unbranched alkanes of at least 4 members (excludes halogenated alkanes) is 1. The summed E-state index contributed by atoms with van der Waals surface area (Å²) in [6, 6.07) is -6.12. The average molecular weight is 546 g/mol. The van der Waals surface area contributed by atoms with Crippen LogP contribution < -0.4 is 38.5 Å². The van der Waals surface area contributed by atoms with Crippen molar-refractivity contribution < 1.29 is 43.8 Å². The van der Waals surface area contributed by atoms with Crippen LogP contribution in [0.5, 0.6) is 0 Å². The van der Waals surface area contributed by atoms with Gasteiger partial charge in [-0.15, -0.1) is 0 Å². The van der Waals surface area contributed by atoms with Crippen molar-refractivity contribution in [3.63, 3.8) is 0 Å². The molecule has 0 spiro atoms. The van der Waals surface area contributed by atoms with Crippen molar-refractivity contribution in [2.75, 3.05) is 6.54 Å². The predicted molar refractivity (Wildman–Crippen MR) is 133 cm³/mol. The summed E-state index contributed by atoms with van der Waals surface area (Å²) in [5.41, 5.74) is 16.1. The maximum Gasteiger partial charge on any atom is 0.326 e. The fraction of sp³-hybridized carbons (Fsp3) is 0.682. The van der Waals surface area contributed by atoms with Gasteiger partial charge in [0.2, 0.25) is 29.5 Å². The molecule has 0 saturated carbocycles. The molecule has 0 aromatic heterocycles. The molecule has 0 fully saturated rings. The number of aliphatic carboxylic acids is 2. The molecule has 16 heteroatoms. The number of carbonyl (C=O) groups is 7. The molecule has 5 atom stereocenters. The molecule has 0 bridgehead atoms. The molecule has 0 saturated heterocycles. The minimum absolute atomic E-state index is 0.0468. The zero-order valence-corrected chi connectivity index (χ0v) is 21.5. The summed E-state index contributed by atoms with van der Waals surface area (Å²) >= 11 is 0. The lowest BCUT2D eigenvalue weighted by Crippen LogP contribution is -2.57. The van der Waals surface area contributed by atoms with Crippen LogP contribution in [0.2, 0.25) is 0 Å². The van der Waals surface area contributed by atoms with Gasteiger partial charge in [-0.3, -0.25) is 28.8 Å². The highest BCUT2D eigenvalue weighted by molar-refractivity contribution is 5.95. The lowest BCUT2D eigenvalue weighted by molar-refractivity contribution is -0.142. The van der Waals surface area contributed by atoms with Crippen LogP contribution in [0.15, 0.2) is 0 Å². The van der Waals surface area contributed by atoms with Gasteiger partial charge in [0.1, 0.15) is 24.2 Å². The number of hydrogen-bond acceptors (Lipinski definition) is 9. The van der Waals surface area contributed by atoms with Crippen LogP contribution in [0.25, 0.3) is 0 Å². The molecule has 0 aliphatic carbocycles. The SMILES string of the molecule is C[C@H](NC(=O)[C@H](CCC(=O)O)NC(=O)[C@H](C)NC(=O)[C@@H](N)CCC(N)=O)C(=O)N[C@@H](CCCCN)C(=O)O. The Balaban J connectivity index is 5.18. The fourth-order valence-corrected chi connectivity index (χ4v) is 3.07. The molecule has 0 unspecified atom stereocenters. The maximum atomic E-state index is 12.8. The maximum absolute atomic E-state index is 12.8. The van der Waals surface area contributed by atoms with Gasteiger partial charge in [-0.25, -0.2) is 4.79 Å². The Morgan fingerprint density at radius 3 is 1.68 bits per heavy atom. The first-order chi connectivity index (χ1) is 17.7. The Kier molecular flexibility index (Phi) is 15.9. The molecule has 0 aromatic carbocycles. The van der Waals surface area contributed by atoms with Crippen LogP contribution in [0, 0.1) is 0 Å². The molecular formula is C22H39N7O9. The van der Waals surface area contributed by atoms with E-state index in [1.165, 1.54) is 13.8 Å². The summed E-state index contributed by atoms with van der Waals surface area (Å²) in [7, 11) is 0. The Morgan fingerprint density at radius 2 is 1.21 bits per heavy atom. The molecule has 0 rings (SSSR count). The molecule has 0 radical (unpaired) electrons. The summed E-state index contributed by atoms with van der Waals surface area (Å²) in [6.45, 7) is 2.95. The summed E-state index contributed by atoms with van der Waals surface area (Å²) in [4.78, 5) is 83.2. The number of amides is 5. The number of rotatable bonds is 19. The van der Waals surface area contributed by atoms with E-state index >= 15 is 0 Å². The molecule has 0 heterocycles. The van der Waals surface area contributed by atoms with Crippen molar-refractivity contribution in [2.24, 2.45) is 17.2 Å². The molecule has 0 aliphatic heterocycles. The third kappa shape index (κ3) is 14.1. The van der Waals surface area contributed by atoms with Gasteiger partial charge in [-0.2, -0.15) is 0 Å². The van der Waals surface area contributed by atoms with E-state index in [-0.39, 0.29) is 25.7 Å². The normalized spacial score (nSPS) is 14.6. The van der Waals surface area contributed by atoms with Gasteiger partial charge in [0.25, 0.3) is 0 Å². The Labute approximate surface area is 219 Å². The van der Waals surface area contributed by atoms with Crippen LogP contribution in [0.1, 0.15) is 58.8 Å². The number of nitrogens with two attached hydrogens (primary N) is 3. The predicted octanol–water partition coefficient (Wildman–Crippen LogP) is -3.36. The topological polar surface area (TPSA) is 286 Å². The Hall–Kier alpha value is -3.79. The van der Waals surface area contributed by atoms with Gasteiger partial charge >= 0.3 is 11.9 Å². The average Bonchev–Trinajstić information content (AvgIpc) is 2.83. The van der Waals surface area contributed by atoms with Gasteiger partial charge < -0.3 is 48.7 Å². The molecule has 0 aliphatic rings. The van der Waals surface area contributed by atoms with Crippen LogP contribution in [-0.4, -0.2) is 88.4 Å². The summed E-state index contributed by atoms with van der Waals surface area (Å²) in [5, 5.41) is 27.6. The van der Waals surface area contributed by atoms with E-state index in [9.17, 15) is 38.7 Å². The second kappa shape index (κ2) is 17.6. The van der Waals surface area contributed by atoms with Crippen molar-refractivity contribution >= 4 is 41.5 Å².